The van der Waals surface area contributed by atoms with Gasteiger partial charge < -0.3 is 5.11 Å². The first-order valence-electron chi connectivity index (χ1n) is 13.0. The third-order valence-corrected chi connectivity index (χ3v) is 6.93. The Kier molecular flexibility index (Phi) is 12.4. The highest BCUT2D eigenvalue weighted by molar-refractivity contribution is 5.96. The second kappa shape index (κ2) is 14.8. The molecule has 2 heteroatoms. The molecule has 1 fully saturated rings. The van der Waals surface area contributed by atoms with Crippen LogP contribution >= 0.6 is 0 Å². The highest BCUT2D eigenvalue weighted by Crippen LogP contribution is 2.36. The molecule has 0 bridgehead atoms. The molecule has 0 saturated heterocycles. The molecule has 1 aliphatic carbocycles. The van der Waals surface area contributed by atoms with Gasteiger partial charge in [0.25, 0.3) is 0 Å². The van der Waals surface area contributed by atoms with Crippen LogP contribution in [0.4, 0.5) is 0 Å². The number of carbonyl (C=O) groups is 1. The molecule has 0 atom stereocenters. The Bertz CT molecular complexity index is 569. The summed E-state index contributed by atoms with van der Waals surface area (Å²) in [5.74, 6) is 0.250. The van der Waals surface area contributed by atoms with Gasteiger partial charge in [-0.25, -0.2) is 0 Å². The van der Waals surface area contributed by atoms with Crippen molar-refractivity contribution in [3.05, 3.63) is 35.4 Å². The number of ketones is 1. The second-order valence-electron chi connectivity index (χ2n) is 9.59. The molecule has 2 rings (SSSR count). The molecule has 0 radical (unpaired) electrons. The lowest BCUT2D eigenvalue weighted by atomic mass is 9.79. The Morgan fingerprint density at radius 2 is 1.20 bits per heavy atom. The van der Waals surface area contributed by atoms with E-state index in [0.29, 0.717) is 6.42 Å². The van der Waals surface area contributed by atoms with E-state index in [1.807, 2.05) is 24.3 Å². The van der Waals surface area contributed by atoms with Crippen LogP contribution in [0.5, 0.6) is 0 Å². The molecule has 0 amide bonds. The van der Waals surface area contributed by atoms with Crippen molar-refractivity contribution in [1.82, 2.24) is 0 Å². The first-order chi connectivity index (χ1) is 14.7. The first kappa shape index (κ1) is 25.1. The lowest BCUT2D eigenvalue weighted by molar-refractivity contribution is -0.000648. The molecule has 0 unspecified atom stereocenters. The third kappa shape index (κ3) is 9.33. The number of hydrogen-bond donors (Lipinski definition) is 1. The van der Waals surface area contributed by atoms with Gasteiger partial charge in [0.05, 0.1) is 5.60 Å². The quantitative estimate of drug-likeness (QED) is 0.217. The zero-order chi connectivity index (χ0) is 21.5. The summed E-state index contributed by atoms with van der Waals surface area (Å²) in [6.45, 7) is 2.27. The summed E-state index contributed by atoms with van der Waals surface area (Å²) in [4.78, 5) is 12.5. The van der Waals surface area contributed by atoms with Crippen LogP contribution in [0.25, 0.3) is 0 Å². The number of benzene rings is 1. The van der Waals surface area contributed by atoms with Gasteiger partial charge in [0.2, 0.25) is 0 Å². The van der Waals surface area contributed by atoms with E-state index in [2.05, 4.69) is 6.92 Å². The molecule has 1 aromatic rings. The van der Waals surface area contributed by atoms with E-state index in [1.165, 1.54) is 83.5 Å². The summed E-state index contributed by atoms with van der Waals surface area (Å²) < 4.78 is 0. The molecule has 1 N–H and O–H groups in total. The van der Waals surface area contributed by atoms with E-state index in [0.717, 1.165) is 43.2 Å². The summed E-state index contributed by atoms with van der Waals surface area (Å²) >= 11 is 0. The summed E-state index contributed by atoms with van der Waals surface area (Å²) in [5.41, 5.74) is 1.12. The van der Waals surface area contributed by atoms with Crippen molar-refractivity contribution in [3.8, 4) is 0 Å². The van der Waals surface area contributed by atoms with Gasteiger partial charge >= 0.3 is 0 Å². The average Bonchev–Trinajstić information content (AvgIpc) is 2.77. The largest absolute Gasteiger partial charge is 0.385 e. The van der Waals surface area contributed by atoms with Crippen LogP contribution in [0.2, 0.25) is 0 Å². The van der Waals surface area contributed by atoms with Crippen molar-refractivity contribution in [2.75, 3.05) is 0 Å². The first-order valence-corrected chi connectivity index (χ1v) is 13.0. The highest BCUT2D eigenvalue weighted by atomic mass is 16.3. The molecule has 0 spiro atoms. The summed E-state index contributed by atoms with van der Waals surface area (Å²) in [5, 5.41) is 10.8. The van der Waals surface area contributed by atoms with Gasteiger partial charge in [-0.3, -0.25) is 4.79 Å². The predicted molar refractivity (Wildman–Crippen MR) is 128 cm³/mol. The fraction of sp³-hybridized carbons (Fsp3) is 0.750. The summed E-state index contributed by atoms with van der Waals surface area (Å²) in [6.07, 6.45) is 23.0. The smallest absolute Gasteiger partial charge is 0.162 e. The Morgan fingerprint density at radius 3 is 1.70 bits per heavy atom. The zero-order valence-electron chi connectivity index (χ0n) is 19.6. The van der Waals surface area contributed by atoms with Gasteiger partial charge in [-0.1, -0.05) is 128 Å². The predicted octanol–water partition coefficient (Wildman–Crippen LogP) is 8.50. The van der Waals surface area contributed by atoms with Crippen molar-refractivity contribution in [3.63, 3.8) is 0 Å². The molecule has 170 valence electrons. The van der Waals surface area contributed by atoms with Gasteiger partial charge in [0.15, 0.2) is 5.78 Å². The van der Waals surface area contributed by atoms with Crippen molar-refractivity contribution >= 4 is 5.78 Å². The van der Waals surface area contributed by atoms with Crippen LogP contribution in [0, 0.1) is 0 Å². The van der Waals surface area contributed by atoms with Gasteiger partial charge in [-0.05, 0) is 24.8 Å². The molecule has 0 aromatic heterocycles. The minimum atomic E-state index is -0.672. The number of unbranched alkanes of at least 4 members (excludes halogenated alkanes) is 12. The zero-order valence-corrected chi connectivity index (χ0v) is 19.6. The van der Waals surface area contributed by atoms with Crippen LogP contribution in [0.3, 0.4) is 0 Å². The van der Waals surface area contributed by atoms with E-state index in [1.54, 1.807) is 0 Å². The maximum Gasteiger partial charge on any atom is 0.162 e. The van der Waals surface area contributed by atoms with Crippen molar-refractivity contribution < 1.29 is 9.90 Å². The number of Topliss-reactive ketones (excluding diaryl/α,β-unsaturated/α-hetero) is 1. The lowest BCUT2D eigenvalue weighted by Gasteiger charge is -2.32. The standard InChI is InChI=1S/C28H46O2/c1-2-3-4-5-6-7-8-9-10-11-12-13-15-18-27(29)25-19-21-26(22-20-25)28(30)23-16-14-17-24-28/h19-22,30H,2-18,23-24H2,1H3. The molecule has 1 aliphatic rings. The normalized spacial score (nSPS) is 15.9. The third-order valence-electron chi connectivity index (χ3n) is 6.93. The van der Waals surface area contributed by atoms with Gasteiger partial charge in [0.1, 0.15) is 0 Å². The number of rotatable bonds is 16. The molecule has 1 aromatic carbocycles. The van der Waals surface area contributed by atoms with Crippen molar-refractivity contribution in [1.29, 1.82) is 0 Å². The molecule has 1 saturated carbocycles. The molecular formula is C28H46O2. The van der Waals surface area contributed by atoms with E-state index in [4.69, 9.17) is 0 Å². The van der Waals surface area contributed by atoms with Gasteiger partial charge in [-0.2, -0.15) is 0 Å². The molecular weight excluding hydrogens is 368 g/mol. The van der Waals surface area contributed by atoms with Crippen LogP contribution in [0.1, 0.15) is 145 Å². The van der Waals surface area contributed by atoms with E-state index < -0.39 is 5.60 Å². The fourth-order valence-electron chi connectivity index (χ4n) is 4.84. The molecule has 0 aliphatic heterocycles. The molecule has 0 heterocycles. The second-order valence-corrected chi connectivity index (χ2v) is 9.59. The van der Waals surface area contributed by atoms with Crippen LogP contribution in [-0.2, 0) is 5.60 Å². The average molecular weight is 415 g/mol. The monoisotopic (exact) mass is 414 g/mol. The number of carbonyl (C=O) groups excluding carboxylic acids is 1. The molecule has 2 nitrogen and oxygen atoms in total. The van der Waals surface area contributed by atoms with Gasteiger partial charge in [-0.15, -0.1) is 0 Å². The fourth-order valence-corrected chi connectivity index (χ4v) is 4.84. The Labute approximate surface area is 185 Å². The SMILES string of the molecule is CCCCCCCCCCCCCCCC(=O)c1ccc(C2(O)CCCCC2)cc1. The van der Waals surface area contributed by atoms with Crippen LogP contribution < -0.4 is 0 Å². The highest BCUT2D eigenvalue weighted by Gasteiger charge is 2.30. The van der Waals surface area contributed by atoms with E-state index >= 15 is 0 Å². The topological polar surface area (TPSA) is 37.3 Å². The van der Waals surface area contributed by atoms with E-state index in [9.17, 15) is 9.90 Å². The number of hydrogen-bond acceptors (Lipinski definition) is 2. The van der Waals surface area contributed by atoms with Crippen LogP contribution in [-0.4, -0.2) is 10.9 Å². The minimum absolute atomic E-state index is 0.250. The summed E-state index contributed by atoms with van der Waals surface area (Å²) in [6, 6.07) is 7.80. The van der Waals surface area contributed by atoms with E-state index in [-0.39, 0.29) is 5.78 Å². The Morgan fingerprint density at radius 1 is 0.733 bits per heavy atom. The lowest BCUT2D eigenvalue weighted by Crippen LogP contribution is -2.28. The maximum absolute atomic E-state index is 12.5. The van der Waals surface area contributed by atoms with Crippen LogP contribution in [0.15, 0.2) is 24.3 Å². The van der Waals surface area contributed by atoms with Crippen molar-refractivity contribution in [2.24, 2.45) is 0 Å². The summed E-state index contributed by atoms with van der Waals surface area (Å²) in [7, 11) is 0. The maximum atomic E-state index is 12.5. The Balaban J connectivity index is 1.50. The van der Waals surface area contributed by atoms with Gasteiger partial charge in [0, 0.05) is 12.0 Å². The minimum Gasteiger partial charge on any atom is -0.385 e. The molecule has 30 heavy (non-hydrogen) atoms. The Hall–Kier alpha value is -1.15. The van der Waals surface area contributed by atoms with Crippen molar-refractivity contribution in [2.45, 2.75) is 135 Å². The number of aliphatic hydroxyl groups is 1.